The monoisotopic (exact) mass is 240 g/mol. The Morgan fingerprint density at radius 3 is 2.38 bits per heavy atom. The number of rotatable bonds is 6. The van der Waals surface area contributed by atoms with Crippen LogP contribution in [0.1, 0.15) is 12.0 Å². The fourth-order valence-electron chi connectivity index (χ4n) is 1.60. The largest absolute Gasteiger partial charge is 0.496 e. The highest BCUT2D eigenvalue weighted by Crippen LogP contribution is 2.37. The highest BCUT2D eigenvalue weighted by molar-refractivity contribution is 7.98. The Morgan fingerprint density at radius 2 is 1.88 bits per heavy atom. The third kappa shape index (κ3) is 2.70. The van der Waals surface area contributed by atoms with Crippen molar-refractivity contribution in [3.63, 3.8) is 0 Å². The summed E-state index contributed by atoms with van der Waals surface area (Å²) in [6, 6.07) is 3.76. The van der Waals surface area contributed by atoms with E-state index in [1.807, 2.05) is 18.4 Å². The molecule has 88 valence electrons. The van der Waals surface area contributed by atoms with Crippen molar-refractivity contribution in [1.82, 2.24) is 0 Å². The molecule has 0 unspecified atom stereocenters. The smallest absolute Gasteiger partial charge is 0.132 e. The van der Waals surface area contributed by atoms with Crippen LogP contribution in [0.2, 0.25) is 0 Å². The Kier molecular flexibility index (Phi) is 5.19. The molecule has 16 heavy (non-hydrogen) atoms. The van der Waals surface area contributed by atoms with Crippen molar-refractivity contribution in [2.75, 3.05) is 20.5 Å². The highest BCUT2D eigenvalue weighted by atomic mass is 32.2. The molecule has 1 rings (SSSR count). The van der Waals surface area contributed by atoms with Crippen molar-refractivity contribution in [3.8, 4) is 11.5 Å². The molecule has 3 nitrogen and oxygen atoms in total. The molecule has 0 spiro atoms. The number of thioether (sulfide) groups is 1. The van der Waals surface area contributed by atoms with E-state index in [9.17, 15) is 4.79 Å². The molecule has 4 heteroatoms. The van der Waals surface area contributed by atoms with E-state index in [4.69, 9.17) is 9.47 Å². The van der Waals surface area contributed by atoms with Crippen LogP contribution in [-0.4, -0.2) is 26.8 Å². The summed E-state index contributed by atoms with van der Waals surface area (Å²) in [6.07, 6.45) is 4.09. The molecule has 0 radical (unpaired) electrons. The summed E-state index contributed by atoms with van der Waals surface area (Å²) in [4.78, 5) is 11.5. The van der Waals surface area contributed by atoms with Crippen LogP contribution in [0.15, 0.2) is 17.0 Å². The van der Waals surface area contributed by atoms with Crippen molar-refractivity contribution in [2.45, 2.75) is 17.7 Å². The topological polar surface area (TPSA) is 35.5 Å². The summed E-state index contributed by atoms with van der Waals surface area (Å²) in [5.41, 5.74) is 1.04. The van der Waals surface area contributed by atoms with Gasteiger partial charge in [-0.15, -0.1) is 11.8 Å². The Labute approximate surface area is 100 Å². The molecule has 0 saturated heterocycles. The SMILES string of the molecule is COc1ccc(OC)c(SC)c1CCC=O. The van der Waals surface area contributed by atoms with Crippen LogP contribution >= 0.6 is 11.8 Å². The Hall–Kier alpha value is -1.16. The van der Waals surface area contributed by atoms with Crippen LogP contribution in [0.25, 0.3) is 0 Å². The molecule has 0 aliphatic heterocycles. The lowest BCUT2D eigenvalue weighted by Gasteiger charge is -2.15. The van der Waals surface area contributed by atoms with Crippen LogP contribution < -0.4 is 9.47 Å². The van der Waals surface area contributed by atoms with Crippen molar-refractivity contribution < 1.29 is 14.3 Å². The number of benzene rings is 1. The zero-order valence-corrected chi connectivity index (χ0v) is 10.6. The molecule has 0 fully saturated rings. The van der Waals surface area contributed by atoms with E-state index in [1.54, 1.807) is 26.0 Å². The lowest BCUT2D eigenvalue weighted by Crippen LogP contribution is -1.98. The molecule has 0 aliphatic rings. The van der Waals surface area contributed by atoms with Gasteiger partial charge in [0.2, 0.25) is 0 Å². The van der Waals surface area contributed by atoms with Crippen LogP contribution in [0.5, 0.6) is 11.5 Å². The quantitative estimate of drug-likeness (QED) is 0.565. The van der Waals surface area contributed by atoms with E-state index < -0.39 is 0 Å². The van der Waals surface area contributed by atoms with Gasteiger partial charge in [0.15, 0.2) is 0 Å². The van der Waals surface area contributed by atoms with E-state index in [0.29, 0.717) is 12.8 Å². The van der Waals surface area contributed by atoms with Crippen LogP contribution in [0.4, 0.5) is 0 Å². The minimum absolute atomic E-state index is 0.497. The van der Waals surface area contributed by atoms with Gasteiger partial charge in [0.25, 0.3) is 0 Å². The fourth-order valence-corrected chi connectivity index (χ4v) is 2.41. The molecule has 0 saturated carbocycles. The third-order valence-electron chi connectivity index (χ3n) is 2.34. The Balaban J connectivity index is 3.19. The lowest BCUT2D eigenvalue weighted by molar-refractivity contribution is -0.107. The van der Waals surface area contributed by atoms with E-state index in [1.165, 1.54) is 0 Å². The van der Waals surface area contributed by atoms with Gasteiger partial charge in [-0.05, 0) is 24.8 Å². The normalized spacial score (nSPS) is 9.94. The number of aldehydes is 1. The van der Waals surface area contributed by atoms with Crippen molar-refractivity contribution in [3.05, 3.63) is 17.7 Å². The molecule has 0 bridgehead atoms. The molecule has 0 N–H and O–H groups in total. The second-order valence-corrected chi connectivity index (χ2v) is 4.00. The van der Waals surface area contributed by atoms with E-state index >= 15 is 0 Å². The molecule has 0 amide bonds. The highest BCUT2D eigenvalue weighted by Gasteiger charge is 2.13. The summed E-state index contributed by atoms with van der Waals surface area (Å²) in [5, 5.41) is 0. The summed E-state index contributed by atoms with van der Waals surface area (Å²) < 4.78 is 10.6. The van der Waals surface area contributed by atoms with Gasteiger partial charge in [-0.2, -0.15) is 0 Å². The predicted molar refractivity (Wildman–Crippen MR) is 65.7 cm³/mol. The average Bonchev–Trinajstić information content (AvgIpc) is 2.34. The van der Waals surface area contributed by atoms with Crippen LogP contribution in [0.3, 0.4) is 0 Å². The lowest BCUT2D eigenvalue weighted by atomic mass is 10.1. The number of hydrogen-bond donors (Lipinski definition) is 0. The van der Waals surface area contributed by atoms with Gasteiger partial charge in [0, 0.05) is 12.0 Å². The maximum atomic E-state index is 10.5. The second kappa shape index (κ2) is 6.43. The van der Waals surface area contributed by atoms with Gasteiger partial charge in [-0.1, -0.05) is 0 Å². The number of hydrogen-bond acceptors (Lipinski definition) is 4. The molecule has 0 heterocycles. The molecule has 0 aliphatic carbocycles. The van der Waals surface area contributed by atoms with Crippen LogP contribution in [-0.2, 0) is 11.2 Å². The number of carbonyl (C=O) groups excluding carboxylic acids is 1. The van der Waals surface area contributed by atoms with Gasteiger partial charge in [0.05, 0.1) is 19.1 Å². The zero-order chi connectivity index (χ0) is 12.0. The van der Waals surface area contributed by atoms with Crippen LogP contribution in [0, 0.1) is 0 Å². The Bertz CT molecular complexity index is 364. The molecular weight excluding hydrogens is 224 g/mol. The van der Waals surface area contributed by atoms with E-state index in [-0.39, 0.29) is 0 Å². The maximum Gasteiger partial charge on any atom is 0.132 e. The molecule has 1 aromatic carbocycles. The van der Waals surface area contributed by atoms with E-state index in [0.717, 1.165) is 28.2 Å². The summed E-state index contributed by atoms with van der Waals surface area (Å²) in [7, 11) is 3.28. The zero-order valence-electron chi connectivity index (χ0n) is 9.78. The first kappa shape index (κ1) is 12.9. The van der Waals surface area contributed by atoms with Gasteiger partial charge in [0.1, 0.15) is 17.8 Å². The summed E-state index contributed by atoms with van der Waals surface area (Å²) in [6.45, 7) is 0. The first-order valence-electron chi connectivity index (χ1n) is 5.00. The first-order valence-corrected chi connectivity index (χ1v) is 6.22. The van der Waals surface area contributed by atoms with Crippen molar-refractivity contribution in [1.29, 1.82) is 0 Å². The summed E-state index contributed by atoms with van der Waals surface area (Å²) in [5.74, 6) is 1.64. The number of ether oxygens (including phenoxy) is 2. The Morgan fingerprint density at radius 1 is 1.25 bits per heavy atom. The molecule has 0 aromatic heterocycles. The molecule has 0 atom stereocenters. The maximum absolute atomic E-state index is 10.5. The average molecular weight is 240 g/mol. The third-order valence-corrected chi connectivity index (χ3v) is 3.19. The second-order valence-electron chi connectivity index (χ2n) is 3.19. The number of methoxy groups -OCH3 is 2. The number of carbonyl (C=O) groups is 1. The van der Waals surface area contributed by atoms with Gasteiger partial charge >= 0.3 is 0 Å². The first-order chi connectivity index (χ1) is 7.78. The minimum Gasteiger partial charge on any atom is -0.496 e. The van der Waals surface area contributed by atoms with Crippen molar-refractivity contribution >= 4 is 18.0 Å². The fraction of sp³-hybridized carbons (Fsp3) is 0.417. The molecular formula is C12H16O3S. The van der Waals surface area contributed by atoms with Gasteiger partial charge in [-0.25, -0.2) is 0 Å². The molecule has 1 aromatic rings. The summed E-state index contributed by atoms with van der Waals surface area (Å²) >= 11 is 1.61. The van der Waals surface area contributed by atoms with Gasteiger partial charge < -0.3 is 14.3 Å². The minimum atomic E-state index is 0.497. The van der Waals surface area contributed by atoms with E-state index in [2.05, 4.69) is 0 Å². The van der Waals surface area contributed by atoms with Crippen molar-refractivity contribution in [2.24, 2.45) is 0 Å². The standard InChI is InChI=1S/C12H16O3S/c1-14-10-6-7-11(15-2)12(16-3)9(10)5-4-8-13/h6-8H,4-5H2,1-3H3. The van der Waals surface area contributed by atoms with Gasteiger partial charge in [-0.3, -0.25) is 0 Å². The predicted octanol–water partition coefficient (Wildman–Crippen LogP) is 2.56.